The average Bonchev–Trinajstić information content (AvgIpc) is 3.21. The standard InChI is InChI=1S/C22H32N2O5/c1-4-29-22(26)19-8-5-6-13-24(19)21(25)15-23-12-7-9-18(23)17-11-10-16(27-2)14-20(17)28-3/h10-11,14,18-19H,4-9,12-13,15H2,1-3H3/t18-,19-/m1/s1. The van der Waals surface area contributed by atoms with Gasteiger partial charge < -0.3 is 19.1 Å². The van der Waals surface area contributed by atoms with Gasteiger partial charge in [-0.25, -0.2) is 4.79 Å². The molecule has 0 spiro atoms. The third-order valence-corrected chi connectivity index (χ3v) is 5.88. The van der Waals surface area contributed by atoms with Crippen LogP contribution in [0.2, 0.25) is 0 Å². The third-order valence-electron chi connectivity index (χ3n) is 5.88. The van der Waals surface area contributed by atoms with Crippen LogP contribution in [0, 0.1) is 0 Å². The van der Waals surface area contributed by atoms with Crippen molar-refractivity contribution in [1.29, 1.82) is 0 Å². The molecule has 0 saturated carbocycles. The molecule has 1 aromatic carbocycles. The summed E-state index contributed by atoms with van der Waals surface area (Å²) in [7, 11) is 3.29. The van der Waals surface area contributed by atoms with E-state index in [-0.39, 0.29) is 17.9 Å². The molecule has 2 aliphatic heterocycles. The van der Waals surface area contributed by atoms with E-state index in [1.165, 1.54) is 0 Å². The molecule has 0 N–H and O–H groups in total. The van der Waals surface area contributed by atoms with Gasteiger partial charge in [-0.2, -0.15) is 0 Å². The highest BCUT2D eigenvalue weighted by Crippen LogP contribution is 2.38. The summed E-state index contributed by atoms with van der Waals surface area (Å²) in [6.45, 7) is 3.90. The number of likely N-dealkylation sites (tertiary alicyclic amines) is 2. The maximum absolute atomic E-state index is 13.1. The van der Waals surface area contributed by atoms with Crippen LogP contribution in [-0.4, -0.2) is 68.2 Å². The molecule has 1 amide bonds. The average molecular weight is 405 g/mol. The van der Waals surface area contributed by atoms with Crippen LogP contribution in [0.15, 0.2) is 18.2 Å². The SMILES string of the molecule is CCOC(=O)[C@H]1CCCCN1C(=O)CN1CCC[C@@H]1c1ccc(OC)cc1OC. The lowest BCUT2D eigenvalue weighted by atomic mass is 10.0. The molecule has 2 atom stereocenters. The van der Waals surface area contributed by atoms with Gasteiger partial charge in [-0.05, 0) is 51.6 Å². The smallest absolute Gasteiger partial charge is 0.328 e. The first-order valence-corrected chi connectivity index (χ1v) is 10.5. The quantitative estimate of drug-likeness (QED) is 0.651. The van der Waals surface area contributed by atoms with Gasteiger partial charge in [0.05, 0.1) is 27.4 Å². The first-order chi connectivity index (χ1) is 14.1. The fraction of sp³-hybridized carbons (Fsp3) is 0.636. The third kappa shape index (κ3) is 4.83. The second-order valence-electron chi connectivity index (χ2n) is 7.59. The number of ether oxygens (including phenoxy) is 3. The molecule has 2 aliphatic rings. The van der Waals surface area contributed by atoms with Crippen LogP contribution in [0.25, 0.3) is 0 Å². The van der Waals surface area contributed by atoms with Crippen molar-refractivity contribution < 1.29 is 23.8 Å². The fourth-order valence-corrected chi connectivity index (χ4v) is 4.44. The molecule has 0 unspecified atom stereocenters. The van der Waals surface area contributed by atoms with E-state index in [9.17, 15) is 9.59 Å². The van der Waals surface area contributed by atoms with E-state index in [1.54, 1.807) is 26.0 Å². The molecule has 0 aromatic heterocycles. The number of benzene rings is 1. The number of piperidine rings is 1. The van der Waals surface area contributed by atoms with Gasteiger partial charge >= 0.3 is 5.97 Å². The lowest BCUT2D eigenvalue weighted by Gasteiger charge is -2.36. The van der Waals surface area contributed by atoms with Crippen molar-refractivity contribution in [2.24, 2.45) is 0 Å². The molecular formula is C22H32N2O5. The molecule has 7 nitrogen and oxygen atoms in total. The monoisotopic (exact) mass is 404 g/mol. The Bertz CT molecular complexity index is 723. The molecule has 3 rings (SSSR count). The summed E-state index contributed by atoms with van der Waals surface area (Å²) >= 11 is 0. The van der Waals surface area contributed by atoms with Gasteiger partial charge in [0, 0.05) is 24.2 Å². The Balaban J connectivity index is 1.73. The van der Waals surface area contributed by atoms with Crippen LogP contribution >= 0.6 is 0 Å². The van der Waals surface area contributed by atoms with E-state index in [0.29, 0.717) is 26.1 Å². The molecule has 1 aromatic rings. The number of methoxy groups -OCH3 is 2. The zero-order valence-electron chi connectivity index (χ0n) is 17.7. The highest BCUT2D eigenvalue weighted by atomic mass is 16.5. The van der Waals surface area contributed by atoms with E-state index in [4.69, 9.17) is 14.2 Å². The first kappa shape index (κ1) is 21.4. The van der Waals surface area contributed by atoms with Crippen LogP contribution in [0.5, 0.6) is 11.5 Å². The lowest BCUT2D eigenvalue weighted by molar-refractivity contribution is -0.157. The predicted octanol–water partition coefficient (Wildman–Crippen LogP) is 2.78. The highest BCUT2D eigenvalue weighted by Gasteiger charge is 2.36. The molecular weight excluding hydrogens is 372 g/mol. The van der Waals surface area contributed by atoms with E-state index in [0.717, 1.165) is 49.3 Å². The zero-order valence-corrected chi connectivity index (χ0v) is 17.7. The second kappa shape index (κ2) is 9.96. The number of hydrogen-bond acceptors (Lipinski definition) is 6. The topological polar surface area (TPSA) is 68.3 Å². The maximum Gasteiger partial charge on any atom is 0.328 e. The minimum atomic E-state index is -0.451. The molecule has 2 heterocycles. The minimum Gasteiger partial charge on any atom is -0.497 e. The Hall–Kier alpha value is -2.28. The summed E-state index contributed by atoms with van der Waals surface area (Å²) < 4.78 is 16.1. The van der Waals surface area contributed by atoms with Crippen molar-refractivity contribution in [3.8, 4) is 11.5 Å². The highest BCUT2D eigenvalue weighted by molar-refractivity contribution is 5.86. The minimum absolute atomic E-state index is 0.00197. The number of rotatable bonds is 7. The Labute approximate surface area is 172 Å². The number of amides is 1. The van der Waals surface area contributed by atoms with Gasteiger partial charge in [0.2, 0.25) is 5.91 Å². The van der Waals surface area contributed by atoms with Crippen LogP contribution in [0.3, 0.4) is 0 Å². The summed E-state index contributed by atoms with van der Waals surface area (Å²) in [4.78, 5) is 29.4. The van der Waals surface area contributed by atoms with Gasteiger partial charge in [0.25, 0.3) is 0 Å². The van der Waals surface area contributed by atoms with Crippen LogP contribution in [0.4, 0.5) is 0 Å². The number of carbonyl (C=O) groups excluding carboxylic acids is 2. The largest absolute Gasteiger partial charge is 0.497 e. The van der Waals surface area contributed by atoms with Gasteiger partial charge in [-0.15, -0.1) is 0 Å². The van der Waals surface area contributed by atoms with Crippen LogP contribution < -0.4 is 9.47 Å². The van der Waals surface area contributed by atoms with Crippen molar-refractivity contribution in [2.75, 3.05) is 40.5 Å². The maximum atomic E-state index is 13.1. The zero-order chi connectivity index (χ0) is 20.8. The molecule has 0 radical (unpaired) electrons. The summed E-state index contributed by atoms with van der Waals surface area (Å²) in [6.07, 6.45) is 4.55. The van der Waals surface area contributed by atoms with Crippen molar-refractivity contribution in [2.45, 2.75) is 51.1 Å². The second-order valence-corrected chi connectivity index (χ2v) is 7.59. The number of carbonyl (C=O) groups is 2. The first-order valence-electron chi connectivity index (χ1n) is 10.5. The van der Waals surface area contributed by atoms with Gasteiger partial charge in [0.15, 0.2) is 0 Å². The molecule has 160 valence electrons. The summed E-state index contributed by atoms with van der Waals surface area (Å²) in [6, 6.07) is 5.50. The Kier molecular flexibility index (Phi) is 7.36. The van der Waals surface area contributed by atoms with Crippen molar-refractivity contribution in [1.82, 2.24) is 9.80 Å². The van der Waals surface area contributed by atoms with E-state index in [2.05, 4.69) is 4.90 Å². The van der Waals surface area contributed by atoms with Gasteiger partial charge in [0.1, 0.15) is 17.5 Å². The number of nitrogens with zero attached hydrogens (tertiary/aromatic N) is 2. The Morgan fingerprint density at radius 1 is 1.07 bits per heavy atom. The Morgan fingerprint density at radius 2 is 1.90 bits per heavy atom. The van der Waals surface area contributed by atoms with E-state index >= 15 is 0 Å². The summed E-state index contributed by atoms with van der Waals surface area (Å²) in [5.41, 5.74) is 1.07. The summed E-state index contributed by atoms with van der Waals surface area (Å²) in [5, 5.41) is 0. The molecule has 7 heteroatoms. The lowest BCUT2D eigenvalue weighted by Crippen LogP contribution is -2.51. The van der Waals surface area contributed by atoms with E-state index in [1.807, 2.05) is 18.2 Å². The Morgan fingerprint density at radius 3 is 2.62 bits per heavy atom. The van der Waals surface area contributed by atoms with Gasteiger partial charge in [-0.3, -0.25) is 9.69 Å². The molecule has 2 saturated heterocycles. The van der Waals surface area contributed by atoms with Crippen molar-refractivity contribution >= 4 is 11.9 Å². The number of hydrogen-bond donors (Lipinski definition) is 0. The normalized spacial score (nSPS) is 22.4. The molecule has 0 bridgehead atoms. The molecule has 2 fully saturated rings. The molecule has 29 heavy (non-hydrogen) atoms. The predicted molar refractivity (Wildman–Crippen MR) is 109 cm³/mol. The van der Waals surface area contributed by atoms with Crippen LogP contribution in [0.1, 0.15) is 50.6 Å². The number of esters is 1. The fourth-order valence-electron chi connectivity index (χ4n) is 4.44. The van der Waals surface area contributed by atoms with Crippen LogP contribution in [-0.2, 0) is 14.3 Å². The van der Waals surface area contributed by atoms with Crippen molar-refractivity contribution in [3.05, 3.63) is 23.8 Å². The molecule has 0 aliphatic carbocycles. The van der Waals surface area contributed by atoms with Gasteiger partial charge in [-0.1, -0.05) is 6.07 Å². The summed E-state index contributed by atoms with van der Waals surface area (Å²) in [5.74, 6) is 1.24. The van der Waals surface area contributed by atoms with Crippen molar-refractivity contribution in [3.63, 3.8) is 0 Å². The van der Waals surface area contributed by atoms with E-state index < -0.39 is 6.04 Å².